The third-order valence-corrected chi connectivity index (χ3v) is 3.75. The zero-order valence-electron chi connectivity index (χ0n) is 12.8. The molecule has 0 aliphatic rings. The van der Waals surface area contributed by atoms with E-state index in [1.165, 1.54) is 0 Å². The van der Waals surface area contributed by atoms with Crippen LogP contribution < -0.4 is 5.32 Å². The van der Waals surface area contributed by atoms with E-state index in [9.17, 15) is 9.90 Å². The molecule has 0 spiro atoms. The van der Waals surface area contributed by atoms with Crippen molar-refractivity contribution in [2.45, 2.75) is 47.1 Å². The molecule has 0 aliphatic carbocycles. The summed E-state index contributed by atoms with van der Waals surface area (Å²) >= 11 is 0. The number of hydrogen-bond acceptors (Lipinski definition) is 2. The van der Waals surface area contributed by atoms with Crippen LogP contribution in [0.2, 0.25) is 0 Å². The van der Waals surface area contributed by atoms with Crippen LogP contribution in [0.25, 0.3) is 0 Å². The fourth-order valence-electron chi connectivity index (χ4n) is 2.09. The first-order valence-corrected chi connectivity index (χ1v) is 6.73. The fourth-order valence-corrected chi connectivity index (χ4v) is 2.09. The van der Waals surface area contributed by atoms with Crippen molar-refractivity contribution in [1.29, 1.82) is 0 Å². The van der Waals surface area contributed by atoms with E-state index in [0.717, 1.165) is 16.7 Å². The molecule has 19 heavy (non-hydrogen) atoms. The summed E-state index contributed by atoms with van der Waals surface area (Å²) in [5.41, 5.74) is 2.92. The van der Waals surface area contributed by atoms with Gasteiger partial charge >= 0.3 is 0 Å². The minimum atomic E-state index is -0.887. The number of nitrogens with one attached hydrogen (secondary N) is 1. The van der Waals surface area contributed by atoms with Crippen LogP contribution in [0.3, 0.4) is 0 Å². The predicted molar refractivity (Wildman–Crippen MR) is 78.4 cm³/mol. The number of hydrogen-bond donors (Lipinski definition) is 2. The number of rotatable bonds is 4. The van der Waals surface area contributed by atoms with Crippen molar-refractivity contribution in [3.63, 3.8) is 0 Å². The van der Waals surface area contributed by atoms with Crippen molar-refractivity contribution < 1.29 is 9.90 Å². The van der Waals surface area contributed by atoms with E-state index in [0.29, 0.717) is 5.56 Å². The normalized spacial score (nSPS) is 14.3. The Kier molecular flexibility index (Phi) is 4.75. The SMILES string of the molecule is Cc1cc(C)c(C(=O)NCC(C)(O)C(C)C)c(C)c1. The smallest absolute Gasteiger partial charge is 0.251 e. The lowest BCUT2D eigenvalue weighted by atomic mass is 9.92. The Morgan fingerprint density at radius 3 is 2.16 bits per heavy atom. The van der Waals surface area contributed by atoms with E-state index in [1.54, 1.807) is 6.92 Å². The lowest BCUT2D eigenvalue weighted by Crippen LogP contribution is -2.44. The number of carbonyl (C=O) groups excluding carboxylic acids is 1. The molecular formula is C16H25NO2. The summed E-state index contributed by atoms with van der Waals surface area (Å²) < 4.78 is 0. The van der Waals surface area contributed by atoms with Crippen molar-refractivity contribution >= 4 is 5.91 Å². The molecule has 1 aromatic carbocycles. The van der Waals surface area contributed by atoms with E-state index in [-0.39, 0.29) is 18.4 Å². The number of carbonyl (C=O) groups is 1. The van der Waals surface area contributed by atoms with Gasteiger partial charge < -0.3 is 10.4 Å². The maximum absolute atomic E-state index is 12.2. The summed E-state index contributed by atoms with van der Waals surface area (Å²) in [4.78, 5) is 12.2. The van der Waals surface area contributed by atoms with Gasteiger partial charge in [0.25, 0.3) is 5.91 Å². The van der Waals surface area contributed by atoms with Gasteiger partial charge in [-0.25, -0.2) is 0 Å². The average molecular weight is 263 g/mol. The van der Waals surface area contributed by atoms with Crippen LogP contribution in [-0.2, 0) is 0 Å². The molecule has 0 heterocycles. The van der Waals surface area contributed by atoms with Gasteiger partial charge in [0.15, 0.2) is 0 Å². The predicted octanol–water partition coefficient (Wildman–Crippen LogP) is 2.75. The zero-order chi connectivity index (χ0) is 14.8. The second-order valence-corrected chi connectivity index (χ2v) is 5.97. The van der Waals surface area contributed by atoms with Crippen LogP contribution in [-0.4, -0.2) is 23.2 Å². The molecule has 3 heteroatoms. The van der Waals surface area contributed by atoms with Crippen molar-refractivity contribution in [3.05, 3.63) is 34.4 Å². The second kappa shape index (κ2) is 5.74. The molecule has 1 amide bonds. The van der Waals surface area contributed by atoms with Crippen molar-refractivity contribution in [1.82, 2.24) is 5.32 Å². The van der Waals surface area contributed by atoms with Crippen LogP contribution >= 0.6 is 0 Å². The van der Waals surface area contributed by atoms with Gasteiger partial charge in [-0.15, -0.1) is 0 Å². The van der Waals surface area contributed by atoms with Crippen LogP contribution in [0, 0.1) is 26.7 Å². The van der Waals surface area contributed by atoms with Gasteiger partial charge in [0, 0.05) is 12.1 Å². The van der Waals surface area contributed by atoms with Crippen LogP contribution in [0.1, 0.15) is 47.8 Å². The average Bonchev–Trinajstić information content (AvgIpc) is 2.24. The molecular weight excluding hydrogens is 238 g/mol. The topological polar surface area (TPSA) is 49.3 Å². The summed E-state index contributed by atoms with van der Waals surface area (Å²) in [6, 6.07) is 4.00. The van der Waals surface area contributed by atoms with Gasteiger partial charge in [0.2, 0.25) is 0 Å². The van der Waals surface area contributed by atoms with Gasteiger partial charge in [0.05, 0.1) is 5.60 Å². The number of aryl methyl sites for hydroxylation is 3. The Bertz CT molecular complexity index is 453. The third-order valence-electron chi connectivity index (χ3n) is 3.75. The van der Waals surface area contributed by atoms with Crippen LogP contribution in [0.5, 0.6) is 0 Å². The highest BCUT2D eigenvalue weighted by atomic mass is 16.3. The molecule has 0 aromatic heterocycles. The molecule has 0 saturated carbocycles. The maximum atomic E-state index is 12.2. The van der Waals surface area contributed by atoms with E-state index in [4.69, 9.17) is 0 Å². The first kappa shape index (κ1) is 15.7. The van der Waals surface area contributed by atoms with Gasteiger partial charge in [-0.3, -0.25) is 4.79 Å². The lowest BCUT2D eigenvalue weighted by Gasteiger charge is -2.28. The Morgan fingerprint density at radius 2 is 1.74 bits per heavy atom. The molecule has 1 aromatic rings. The molecule has 0 saturated heterocycles. The Hall–Kier alpha value is -1.35. The Balaban J connectivity index is 2.86. The molecule has 106 valence electrons. The summed E-state index contributed by atoms with van der Waals surface area (Å²) in [5.74, 6) is -0.0241. The highest BCUT2D eigenvalue weighted by Gasteiger charge is 2.26. The van der Waals surface area contributed by atoms with Crippen molar-refractivity contribution in [2.24, 2.45) is 5.92 Å². The van der Waals surface area contributed by atoms with Gasteiger partial charge in [-0.05, 0) is 44.7 Å². The summed E-state index contributed by atoms with van der Waals surface area (Å²) in [5, 5.41) is 13.0. The molecule has 1 unspecified atom stereocenters. The molecule has 2 N–H and O–H groups in total. The van der Waals surface area contributed by atoms with E-state index in [2.05, 4.69) is 5.32 Å². The highest BCUT2D eigenvalue weighted by molar-refractivity contribution is 5.97. The zero-order valence-corrected chi connectivity index (χ0v) is 12.8. The van der Waals surface area contributed by atoms with E-state index in [1.807, 2.05) is 46.8 Å². The minimum Gasteiger partial charge on any atom is -0.388 e. The molecule has 0 radical (unpaired) electrons. The van der Waals surface area contributed by atoms with Crippen molar-refractivity contribution in [3.8, 4) is 0 Å². The molecule has 1 rings (SSSR count). The first-order valence-electron chi connectivity index (χ1n) is 6.73. The highest BCUT2D eigenvalue weighted by Crippen LogP contribution is 2.18. The van der Waals surface area contributed by atoms with Crippen LogP contribution in [0.4, 0.5) is 0 Å². The van der Waals surface area contributed by atoms with Gasteiger partial charge in [-0.1, -0.05) is 31.5 Å². The molecule has 0 bridgehead atoms. The molecule has 0 fully saturated rings. The quantitative estimate of drug-likeness (QED) is 0.877. The largest absolute Gasteiger partial charge is 0.388 e. The maximum Gasteiger partial charge on any atom is 0.251 e. The summed E-state index contributed by atoms with van der Waals surface area (Å²) in [6.45, 7) is 11.8. The van der Waals surface area contributed by atoms with Crippen molar-refractivity contribution in [2.75, 3.05) is 6.54 Å². The first-order chi connectivity index (χ1) is 8.65. The van der Waals surface area contributed by atoms with Gasteiger partial charge in [-0.2, -0.15) is 0 Å². The number of benzene rings is 1. The van der Waals surface area contributed by atoms with E-state index >= 15 is 0 Å². The molecule has 1 atom stereocenters. The number of amides is 1. The Morgan fingerprint density at radius 1 is 1.26 bits per heavy atom. The second-order valence-electron chi connectivity index (χ2n) is 5.97. The number of aliphatic hydroxyl groups is 1. The standard InChI is InChI=1S/C16H25NO2/c1-10(2)16(6,19)9-17-15(18)14-12(4)7-11(3)8-13(14)5/h7-8,10,19H,9H2,1-6H3,(H,17,18). The molecule has 3 nitrogen and oxygen atoms in total. The van der Waals surface area contributed by atoms with E-state index < -0.39 is 5.60 Å². The monoisotopic (exact) mass is 263 g/mol. The lowest BCUT2D eigenvalue weighted by molar-refractivity contribution is 0.0142. The van der Waals surface area contributed by atoms with Crippen LogP contribution in [0.15, 0.2) is 12.1 Å². The summed E-state index contributed by atoms with van der Waals surface area (Å²) in [7, 11) is 0. The third kappa shape index (κ3) is 3.80. The fraction of sp³-hybridized carbons (Fsp3) is 0.562. The molecule has 0 aliphatic heterocycles. The summed E-state index contributed by atoms with van der Waals surface area (Å²) in [6.07, 6.45) is 0. The minimum absolute atomic E-state index is 0.0908. The van der Waals surface area contributed by atoms with Gasteiger partial charge in [0.1, 0.15) is 0 Å². The Labute approximate surface area is 116 Å².